The van der Waals surface area contributed by atoms with Crippen LogP contribution in [-0.4, -0.2) is 25.9 Å². The van der Waals surface area contributed by atoms with Gasteiger partial charge in [0.1, 0.15) is 4.90 Å². The summed E-state index contributed by atoms with van der Waals surface area (Å²) in [5.41, 5.74) is 0. The molecule has 0 aliphatic heterocycles. The fraction of sp³-hybridized carbons (Fsp3) is 0. The standard InChI is InChI=1S/C18H15O6PS2/c19-26(20,21)16-10-6-9-15(13-16)25(14-7-2-1-3-8-14)17-11-4-5-12-18(17)27(22,23)24/h1-13H,(H,19,20,21)(H,22,23,24). The minimum Gasteiger partial charge on any atom is -0.282 e. The van der Waals surface area contributed by atoms with E-state index in [9.17, 15) is 25.9 Å². The average Bonchev–Trinajstić information content (AvgIpc) is 2.62. The second-order valence-corrected chi connectivity index (χ2v) is 10.6. The summed E-state index contributed by atoms with van der Waals surface area (Å²) in [6.45, 7) is 0. The maximum absolute atomic E-state index is 11.9. The quantitative estimate of drug-likeness (QED) is 0.481. The van der Waals surface area contributed by atoms with Crippen LogP contribution in [0.25, 0.3) is 0 Å². The van der Waals surface area contributed by atoms with Crippen LogP contribution >= 0.6 is 7.92 Å². The van der Waals surface area contributed by atoms with Gasteiger partial charge in [0.05, 0.1) is 4.90 Å². The lowest BCUT2D eigenvalue weighted by atomic mass is 10.3. The molecule has 0 radical (unpaired) electrons. The van der Waals surface area contributed by atoms with E-state index in [4.69, 9.17) is 0 Å². The summed E-state index contributed by atoms with van der Waals surface area (Å²) in [6, 6.07) is 20.7. The Morgan fingerprint density at radius 1 is 0.630 bits per heavy atom. The molecule has 1 atom stereocenters. The lowest BCUT2D eigenvalue weighted by Gasteiger charge is -2.21. The van der Waals surface area contributed by atoms with Gasteiger partial charge in [-0.1, -0.05) is 60.7 Å². The zero-order valence-electron chi connectivity index (χ0n) is 13.8. The smallest absolute Gasteiger partial charge is 0.282 e. The minimum absolute atomic E-state index is 0.239. The fourth-order valence-electron chi connectivity index (χ4n) is 2.65. The molecule has 0 aliphatic carbocycles. The molecule has 0 saturated carbocycles. The molecule has 0 spiro atoms. The van der Waals surface area contributed by atoms with E-state index >= 15 is 0 Å². The number of hydrogen-bond acceptors (Lipinski definition) is 4. The van der Waals surface area contributed by atoms with E-state index in [1.54, 1.807) is 48.5 Å². The number of hydrogen-bond donors (Lipinski definition) is 2. The summed E-state index contributed by atoms with van der Waals surface area (Å²) in [7, 11) is -10.4. The van der Waals surface area contributed by atoms with Crippen LogP contribution in [0.3, 0.4) is 0 Å². The van der Waals surface area contributed by atoms with E-state index in [1.165, 1.54) is 30.3 Å². The van der Waals surface area contributed by atoms with Crippen molar-refractivity contribution in [1.82, 2.24) is 0 Å². The van der Waals surface area contributed by atoms with Crippen molar-refractivity contribution < 1.29 is 25.9 Å². The summed E-state index contributed by atoms with van der Waals surface area (Å²) in [4.78, 5) is -0.523. The minimum atomic E-state index is -4.48. The zero-order valence-corrected chi connectivity index (χ0v) is 16.3. The van der Waals surface area contributed by atoms with E-state index in [-0.39, 0.29) is 9.79 Å². The Hall–Kier alpha value is -2.09. The Bertz CT molecular complexity index is 1180. The molecule has 3 rings (SSSR count). The predicted octanol–water partition coefficient (Wildman–Crippen LogP) is 1.94. The van der Waals surface area contributed by atoms with Gasteiger partial charge in [-0.15, -0.1) is 0 Å². The molecule has 9 heteroatoms. The van der Waals surface area contributed by atoms with Crippen LogP contribution in [0.1, 0.15) is 0 Å². The number of benzene rings is 3. The molecule has 27 heavy (non-hydrogen) atoms. The molecule has 6 nitrogen and oxygen atoms in total. The van der Waals surface area contributed by atoms with Crippen LogP contribution in [0.15, 0.2) is 88.7 Å². The Kier molecular flexibility index (Phi) is 5.46. The highest BCUT2D eigenvalue weighted by Gasteiger charge is 2.25. The topological polar surface area (TPSA) is 109 Å². The van der Waals surface area contributed by atoms with Crippen LogP contribution < -0.4 is 15.9 Å². The second-order valence-electron chi connectivity index (χ2n) is 5.59. The van der Waals surface area contributed by atoms with Crippen LogP contribution in [0, 0.1) is 0 Å². The van der Waals surface area contributed by atoms with Gasteiger partial charge in [-0.2, -0.15) is 16.8 Å². The van der Waals surface area contributed by atoms with E-state index in [1.807, 2.05) is 0 Å². The molecule has 3 aromatic carbocycles. The summed E-state index contributed by atoms with van der Waals surface area (Å²) >= 11 is 0. The van der Waals surface area contributed by atoms with Gasteiger partial charge < -0.3 is 0 Å². The maximum Gasteiger partial charge on any atom is 0.295 e. The molecule has 0 saturated heterocycles. The molecule has 140 valence electrons. The largest absolute Gasteiger partial charge is 0.295 e. The van der Waals surface area contributed by atoms with Crippen molar-refractivity contribution in [1.29, 1.82) is 0 Å². The molecule has 3 aromatic rings. The highest BCUT2D eigenvalue weighted by molar-refractivity contribution is 7.88. The third-order valence-electron chi connectivity index (χ3n) is 3.77. The summed E-state index contributed by atoms with van der Waals surface area (Å²) in [6.07, 6.45) is 0. The van der Waals surface area contributed by atoms with E-state index in [2.05, 4.69) is 0 Å². The van der Waals surface area contributed by atoms with E-state index in [0.29, 0.717) is 10.6 Å². The second kappa shape index (κ2) is 7.50. The molecule has 0 bridgehead atoms. The van der Waals surface area contributed by atoms with Crippen molar-refractivity contribution in [2.75, 3.05) is 0 Å². The van der Waals surface area contributed by atoms with Gasteiger partial charge in [0.25, 0.3) is 20.2 Å². The van der Waals surface area contributed by atoms with Gasteiger partial charge in [-0.05, 0) is 36.7 Å². The van der Waals surface area contributed by atoms with Gasteiger partial charge >= 0.3 is 0 Å². The average molecular weight is 422 g/mol. The molecule has 0 aromatic heterocycles. The first-order valence-electron chi connectivity index (χ1n) is 7.67. The Morgan fingerprint density at radius 2 is 1.22 bits per heavy atom. The van der Waals surface area contributed by atoms with Gasteiger partial charge in [0.15, 0.2) is 0 Å². The third-order valence-corrected chi connectivity index (χ3v) is 8.17. The monoisotopic (exact) mass is 422 g/mol. The van der Waals surface area contributed by atoms with Crippen molar-refractivity contribution in [3.63, 3.8) is 0 Å². The molecular weight excluding hydrogens is 407 g/mol. The molecule has 1 unspecified atom stereocenters. The molecular formula is C18H15O6PS2. The van der Waals surface area contributed by atoms with Crippen LogP contribution in [0.4, 0.5) is 0 Å². The van der Waals surface area contributed by atoms with Crippen molar-refractivity contribution in [2.45, 2.75) is 9.79 Å². The van der Waals surface area contributed by atoms with Crippen molar-refractivity contribution in [2.24, 2.45) is 0 Å². The lowest BCUT2D eigenvalue weighted by molar-refractivity contribution is 0.481. The zero-order chi connectivity index (χ0) is 19.7. The maximum atomic E-state index is 11.9. The van der Waals surface area contributed by atoms with E-state index < -0.39 is 28.2 Å². The number of rotatable bonds is 5. The van der Waals surface area contributed by atoms with Gasteiger partial charge in [-0.3, -0.25) is 9.11 Å². The highest BCUT2D eigenvalue weighted by Crippen LogP contribution is 2.35. The predicted molar refractivity (Wildman–Crippen MR) is 105 cm³/mol. The first-order chi connectivity index (χ1) is 12.7. The van der Waals surface area contributed by atoms with Gasteiger partial charge in [0, 0.05) is 5.30 Å². The lowest BCUT2D eigenvalue weighted by Crippen LogP contribution is -2.25. The van der Waals surface area contributed by atoms with Gasteiger partial charge in [-0.25, -0.2) is 0 Å². The first-order valence-corrected chi connectivity index (χ1v) is 11.9. The Balaban J connectivity index is 2.31. The summed E-state index contributed by atoms with van der Waals surface area (Å²) in [5, 5.41) is 1.63. The van der Waals surface area contributed by atoms with E-state index in [0.717, 1.165) is 5.30 Å². The molecule has 0 amide bonds. The molecule has 0 aliphatic rings. The molecule has 0 heterocycles. The summed E-state index contributed by atoms with van der Waals surface area (Å²) in [5.74, 6) is 0. The molecule has 2 N–H and O–H groups in total. The summed E-state index contributed by atoms with van der Waals surface area (Å²) < 4.78 is 65.8. The van der Waals surface area contributed by atoms with Crippen LogP contribution in [0.5, 0.6) is 0 Å². The van der Waals surface area contributed by atoms with Crippen molar-refractivity contribution >= 4 is 44.1 Å². The first kappa shape index (κ1) is 19.7. The SMILES string of the molecule is O=S(=O)(O)c1cccc(P(c2ccccc2)c2ccccc2S(=O)(=O)O)c1. The fourth-order valence-corrected chi connectivity index (χ4v) is 6.82. The third kappa shape index (κ3) is 4.43. The van der Waals surface area contributed by atoms with Crippen LogP contribution in [0.2, 0.25) is 0 Å². The van der Waals surface area contributed by atoms with Gasteiger partial charge in [0.2, 0.25) is 0 Å². The van der Waals surface area contributed by atoms with Crippen LogP contribution in [-0.2, 0) is 20.2 Å². The van der Waals surface area contributed by atoms with Crippen molar-refractivity contribution in [3.8, 4) is 0 Å². The Morgan fingerprint density at radius 3 is 1.85 bits per heavy atom. The Labute approximate surface area is 158 Å². The van der Waals surface area contributed by atoms with Crippen molar-refractivity contribution in [3.05, 3.63) is 78.9 Å². The normalized spacial score (nSPS) is 13.3. The molecule has 0 fully saturated rings. The highest BCUT2D eigenvalue weighted by atomic mass is 32.2.